The van der Waals surface area contributed by atoms with E-state index >= 15 is 0 Å². The highest BCUT2D eigenvalue weighted by molar-refractivity contribution is 9.10. The van der Waals surface area contributed by atoms with Crippen molar-refractivity contribution in [2.24, 2.45) is 5.41 Å². The van der Waals surface area contributed by atoms with Crippen molar-refractivity contribution >= 4 is 26.0 Å². The topological polar surface area (TPSA) is 49.4 Å². The molecule has 1 unspecified atom stereocenters. The van der Waals surface area contributed by atoms with Crippen molar-refractivity contribution < 1.29 is 8.42 Å². The van der Waals surface area contributed by atoms with Crippen LogP contribution in [0.15, 0.2) is 27.6 Å². The van der Waals surface area contributed by atoms with Gasteiger partial charge in [-0.1, -0.05) is 6.07 Å². The van der Waals surface area contributed by atoms with Gasteiger partial charge in [0.05, 0.1) is 4.90 Å². The summed E-state index contributed by atoms with van der Waals surface area (Å²) in [7, 11) is -3.39. The molecular weight excluding hydrogens is 340 g/mol. The van der Waals surface area contributed by atoms with Gasteiger partial charge >= 0.3 is 0 Å². The zero-order valence-corrected chi connectivity index (χ0v) is 13.9. The number of nitrogens with zero attached hydrogens (tertiary/aromatic N) is 1. The van der Waals surface area contributed by atoms with Gasteiger partial charge in [0.2, 0.25) is 10.0 Å². The summed E-state index contributed by atoms with van der Waals surface area (Å²) in [5.74, 6) is 0. The van der Waals surface area contributed by atoms with Gasteiger partial charge < -0.3 is 5.32 Å². The smallest absolute Gasteiger partial charge is 0.244 e. The van der Waals surface area contributed by atoms with E-state index in [1.54, 1.807) is 10.4 Å². The molecule has 2 heterocycles. The summed E-state index contributed by atoms with van der Waals surface area (Å²) in [6.45, 7) is 5.17. The minimum absolute atomic E-state index is 0.157. The molecule has 0 aliphatic carbocycles. The molecule has 0 radical (unpaired) electrons. The third-order valence-electron chi connectivity index (χ3n) is 4.44. The first-order chi connectivity index (χ1) is 9.43. The van der Waals surface area contributed by atoms with Gasteiger partial charge in [-0.3, -0.25) is 0 Å². The van der Waals surface area contributed by atoms with Crippen molar-refractivity contribution in [2.75, 3.05) is 26.2 Å². The number of sulfonamides is 1. The maximum absolute atomic E-state index is 12.8. The minimum atomic E-state index is -3.39. The second-order valence-corrected chi connectivity index (χ2v) is 8.71. The lowest BCUT2D eigenvalue weighted by molar-refractivity contribution is 0.338. The quantitative estimate of drug-likeness (QED) is 0.880. The van der Waals surface area contributed by atoms with Crippen LogP contribution in [0.5, 0.6) is 0 Å². The molecule has 1 atom stereocenters. The first-order valence-corrected chi connectivity index (χ1v) is 9.13. The second-order valence-electron chi connectivity index (χ2n) is 5.95. The maximum atomic E-state index is 12.8. The van der Waals surface area contributed by atoms with E-state index in [2.05, 4.69) is 21.2 Å². The first-order valence-electron chi connectivity index (χ1n) is 6.90. The van der Waals surface area contributed by atoms with Crippen molar-refractivity contribution in [1.29, 1.82) is 0 Å². The van der Waals surface area contributed by atoms with Crippen molar-refractivity contribution in [3.63, 3.8) is 0 Å². The Hall–Kier alpha value is -0.430. The monoisotopic (exact) mass is 358 g/mol. The summed E-state index contributed by atoms with van der Waals surface area (Å²) in [5, 5.41) is 3.35. The van der Waals surface area contributed by atoms with Crippen molar-refractivity contribution in [2.45, 2.75) is 24.7 Å². The number of benzene rings is 1. The predicted octanol–water partition coefficient (Wildman–Crippen LogP) is 2.13. The fourth-order valence-corrected chi connectivity index (χ4v) is 5.90. The fourth-order valence-electron chi connectivity index (χ4n) is 3.20. The van der Waals surface area contributed by atoms with Crippen LogP contribution in [0.3, 0.4) is 0 Å². The summed E-state index contributed by atoms with van der Waals surface area (Å²) >= 11 is 3.39. The van der Waals surface area contributed by atoms with Crippen LogP contribution in [0.4, 0.5) is 0 Å². The summed E-state index contributed by atoms with van der Waals surface area (Å²) in [4.78, 5) is 0.381. The minimum Gasteiger partial charge on any atom is -0.316 e. The van der Waals surface area contributed by atoms with Gasteiger partial charge in [0, 0.05) is 24.1 Å². The number of aryl methyl sites for hydroxylation is 1. The van der Waals surface area contributed by atoms with Crippen LogP contribution in [-0.2, 0) is 10.0 Å². The van der Waals surface area contributed by atoms with Crippen LogP contribution in [-0.4, -0.2) is 38.9 Å². The van der Waals surface area contributed by atoms with Crippen LogP contribution in [0.2, 0.25) is 0 Å². The van der Waals surface area contributed by atoms with Crippen molar-refractivity contribution in [3.8, 4) is 0 Å². The SMILES string of the molecule is Cc1ccc(S(=O)(=O)N2CCC3(CCNC3)C2)c(Br)c1. The molecule has 0 amide bonds. The van der Waals surface area contributed by atoms with E-state index < -0.39 is 10.0 Å². The Bertz CT molecular complexity index is 624. The molecule has 4 nitrogen and oxygen atoms in total. The Morgan fingerprint density at radius 1 is 1.35 bits per heavy atom. The maximum Gasteiger partial charge on any atom is 0.244 e. The van der Waals surface area contributed by atoms with E-state index in [4.69, 9.17) is 0 Å². The molecule has 0 aromatic heterocycles. The normalized spacial score (nSPS) is 27.5. The van der Waals surface area contributed by atoms with Gasteiger partial charge in [0.15, 0.2) is 0 Å². The standard InChI is InChI=1S/C14H19BrN2O2S/c1-11-2-3-13(12(15)8-11)20(18,19)17-7-5-14(10-17)4-6-16-9-14/h2-3,8,16H,4-7,9-10H2,1H3. The third-order valence-corrected chi connectivity index (χ3v) is 7.26. The molecule has 1 spiro atoms. The molecule has 20 heavy (non-hydrogen) atoms. The lowest BCUT2D eigenvalue weighted by atomic mass is 9.87. The Balaban J connectivity index is 1.89. The molecule has 3 rings (SSSR count). The molecular formula is C14H19BrN2O2S. The Labute approximate surface area is 128 Å². The molecule has 6 heteroatoms. The molecule has 0 bridgehead atoms. The molecule has 1 N–H and O–H groups in total. The summed E-state index contributed by atoms with van der Waals surface area (Å²) in [5.41, 5.74) is 1.21. The van der Waals surface area contributed by atoms with Gasteiger partial charge in [-0.25, -0.2) is 8.42 Å². The number of nitrogens with one attached hydrogen (secondary N) is 1. The van der Waals surface area contributed by atoms with Crippen LogP contribution in [0, 0.1) is 12.3 Å². The lowest BCUT2D eigenvalue weighted by Gasteiger charge is -2.23. The van der Waals surface area contributed by atoms with Gasteiger partial charge in [-0.05, 0) is 65.4 Å². The first kappa shape index (κ1) is 14.5. The van der Waals surface area contributed by atoms with Gasteiger partial charge in [0.1, 0.15) is 0 Å². The van der Waals surface area contributed by atoms with E-state index in [1.807, 2.05) is 19.1 Å². The molecule has 0 saturated carbocycles. The zero-order chi connectivity index (χ0) is 14.4. The van der Waals surface area contributed by atoms with E-state index in [-0.39, 0.29) is 5.41 Å². The molecule has 2 fully saturated rings. The van der Waals surface area contributed by atoms with Crippen LogP contribution in [0.25, 0.3) is 0 Å². The van der Waals surface area contributed by atoms with Gasteiger partial charge in [-0.2, -0.15) is 4.31 Å². The predicted molar refractivity (Wildman–Crippen MR) is 82.2 cm³/mol. The van der Waals surface area contributed by atoms with Gasteiger partial charge in [0.25, 0.3) is 0 Å². The molecule has 1 aromatic carbocycles. The molecule has 1 aromatic rings. The summed E-state index contributed by atoms with van der Waals surface area (Å²) in [6.07, 6.45) is 2.04. The number of halogens is 1. The second kappa shape index (κ2) is 5.09. The van der Waals surface area contributed by atoms with E-state index in [0.29, 0.717) is 22.5 Å². The van der Waals surface area contributed by atoms with Crippen molar-refractivity contribution in [3.05, 3.63) is 28.2 Å². The Kier molecular flexibility index (Phi) is 3.69. The molecule has 2 aliphatic heterocycles. The third kappa shape index (κ3) is 2.43. The van der Waals surface area contributed by atoms with Crippen LogP contribution < -0.4 is 5.32 Å². The largest absolute Gasteiger partial charge is 0.316 e. The average molecular weight is 359 g/mol. The van der Waals surface area contributed by atoms with E-state index in [0.717, 1.165) is 31.5 Å². The van der Waals surface area contributed by atoms with Crippen LogP contribution in [0.1, 0.15) is 18.4 Å². The summed E-state index contributed by atoms with van der Waals surface area (Å²) < 4.78 is 27.9. The zero-order valence-electron chi connectivity index (χ0n) is 11.5. The number of hydrogen-bond acceptors (Lipinski definition) is 3. The molecule has 2 saturated heterocycles. The Morgan fingerprint density at radius 2 is 2.15 bits per heavy atom. The number of hydrogen-bond donors (Lipinski definition) is 1. The highest BCUT2D eigenvalue weighted by Crippen LogP contribution is 2.39. The summed E-state index contributed by atoms with van der Waals surface area (Å²) in [6, 6.07) is 5.41. The van der Waals surface area contributed by atoms with Gasteiger partial charge in [-0.15, -0.1) is 0 Å². The lowest BCUT2D eigenvalue weighted by Crippen LogP contribution is -2.33. The van der Waals surface area contributed by atoms with Crippen molar-refractivity contribution in [1.82, 2.24) is 9.62 Å². The fraction of sp³-hybridized carbons (Fsp3) is 0.571. The average Bonchev–Trinajstić information content (AvgIpc) is 3.00. The molecule has 110 valence electrons. The highest BCUT2D eigenvalue weighted by atomic mass is 79.9. The van der Waals surface area contributed by atoms with Crippen LogP contribution >= 0.6 is 15.9 Å². The Morgan fingerprint density at radius 3 is 2.80 bits per heavy atom. The number of rotatable bonds is 2. The molecule has 2 aliphatic rings. The highest BCUT2D eigenvalue weighted by Gasteiger charge is 2.44. The van der Waals surface area contributed by atoms with E-state index in [9.17, 15) is 8.42 Å². The van der Waals surface area contributed by atoms with E-state index in [1.165, 1.54) is 0 Å².